The van der Waals surface area contributed by atoms with Gasteiger partial charge in [-0.25, -0.2) is 4.39 Å². The van der Waals surface area contributed by atoms with Crippen LogP contribution in [0, 0.1) is 19.7 Å². The molecule has 0 spiro atoms. The molecule has 190 valence electrons. The second-order valence-electron chi connectivity index (χ2n) is 8.55. The number of rotatable bonds is 7. The molecule has 0 aliphatic heterocycles. The molecule has 2 amide bonds. The zero-order valence-corrected chi connectivity index (χ0v) is 21.7. The number of halogens is 1. The average molecular weight is 520 g/mol. The number of ether oxygens (including phenoxy) is 1. The minimum Gasteiger partial charge on any atom is -0.456 e. The summed E-state index contributed by atoms with van der Waals surface area (Å²) < 4.78 is 22.3. The summed E-state index contributed by atoms with van der Waals surface area (Å²) in [6, 6.07) is 9.49. The second kappa shape index (κ2) is 10.4. The molecule has 0 aliphatic rings. The molecule has 4 rings (SSSR count). The summed E-state index contributed by atoms with van der Waals surface area (Å²) in [7, 11) is 1.63. The van der Waals surface area contributed by atoms with Gasteiger partial charge in [-0.2, -0.15) is 0 Å². The molecule has 0 saturated heterocycles. The molecule has 0 aliphatic carbocycles. The van der Waals surface area contributed by atoms with Gasteiger partial charge in [-0.3, -0.25) is 14.4 Å². The van der Waals surface area contributed by atoms with Crippen molar-refractivity contribution in [2.45, 2.75) is 20.8 Å². The number of benzene rings is 2. The van der Waals surface area contributed by atoms with E-state index in [9.17, 15) is 18.8 Å². The van der Waals surface area contributed by atoms with E-state index in [4.69, 9.17) is 4.74 Å². The first kappa shape index (κ1) is 25.8. The van der Waals surface area contributed by atoms with Gasteiger partial charge in [-0.05, 0) is 74.4 Å². The third-order valence-electron chi connectivity index (χ3n) is 5.77. The summed E-state index contributed by atoms with van der Waals surface area (Å²) in [5.41, 5.74) is 2.70. The molecule has 37 heavy (non-hydrogen) atoms. The molecule has 2 heterocycles. The summed E-state index contributed by atoms with van der Waals surface area (Å²) in [5.74, 6) is -0.0766. The largest absolute Gasteiger partial charge is 0.456 e. The van der Waals surface area contributed by atoms with Crippen LogP contribution in [0.3, 0.4) is 0 Å². The lowest BCUT2D eigenvalue weighted by atomic mass is 10.0. The number of thiophene rings is 1. The Morgan fingerprint density at radius 3 is 2.49 bits per heavy atom. The van der Waals surface area contributed by atoms with Crippen molar-refractivity contribution in [3.63, 3.8) is 0 Å². The predicted octanol–water partition coefficient (Wildman–Crippen LogP) is 5.69. The molecule has 0 saturated carbocycles. The number of anilines is 1. The zero-order valence-electron chi connectivity index (χ0n) is 20.9. The highest BCUT2D eigenvalue weighted by Crippen LogP contribution is 2.42. The fourth-order valence-electron chi connectivity index (χ4n) is 4.07. The first-order valence-corrected chi connectivity index (χ1v) is 12.4. The number of pyridine rings is 1. The minimum atomic E-state index is -0.384. The number of fused-ring (bicyclic) bond motifs is 1. The number of hydrogen-bond donors (Lipinski definition) is 2. The number of amides is 2. The van der Waals surface area contributed by atoms with Crippen LogP contribution >= 0.6 is 11.3 Å². The van der Waals surface area contributed by atoms with Crippen molar-refractivity contribution in [3.05, 3.63) is 87.4 Å². The number of nitrogens with one attached hydrogen (secondary N) is 2. The van der Waals surface area contributed by atoms with Crippen LogP contribution < -0.4 is 20.9 Å². The second-order valence-corrected chi connectivity index (χ2v) is 9.60. The minimum absolute atomic E-state index is 0.241. The van der Waals surface area contributed by atoms with Crippen molar-refractivity contribution in [1.29, 1.82) is 0 Å². The van der Waals surface area contributed by atoms with Crippen molar-refractivity contribution >= 4 is 38.9 Å². The van der Waals surface area contributed by atoms with E-state index in [-0.39, 0.29) is 23.2 Å². The van der Waals surface area contributed by atoms with Gasteiger partial charge in [-0.15, -0.1) is 11.3 Å². The van der Waals surface area contributed by atoms with Crippen LogP contribution in [0.2, 0.25) is 0 Å². The van der Waals surface area contributed by atoms with Crippen LogP contribution in [-0.4, -0.2) is 22.9 Å². The topological polar surface area (TPSA) is 89.4 Å². The van der Waals surface area contributed by atoms with Crippen LogP contribution in [-0.2, 0) is 11.8 Å². The number of aromatic nitrogens is 1. The molecule has 9 heteroatoms. The van der Waals surface area contributed by atoms with Crippen molar-refractivity contribution in [2.24, 2.45) is 7.05 Å². The van der Waals surface area contributed by atoms with Crippen molar-refractivity contribution in [1.82, 2.24) is 9.88 Å². The SMILES string of the molecule is C=CC(=O)Nc1ccc(Oc2c(C)cc(F)cc2C)c(-c2cn(C)c(=O)c3cc(C(=O)NCC)sc23)c1. The Morgan fingerprint density at radius 1 is 1.14 bits per heavy atom. The first-order valence-electron chi connectivity index (χ1n) is 11.6. The zero-order chi connectivity index (χ0) is 26.9. The van der Waals surface area contributed by atoms with Gasteiger partial charge in [0.25, 0.3) is 11.5 Å². The van der Waals surface area contributed by atoms with E-state index in [1.165, 1.54) is 28.0 Å². The summed E-state index contributed by atoms with van der Waals surface area (Å²) in [6.07, 6.45) is 2.84. The molecule has 0 atom stereocenters. The summed E-state index contributed by atoms with van der Waals surface area (Å²) >= 11 is 1.20. The first-order chi connectivity index (χ1) is 17.6. The Balaban J connectivity index is 1.97. The Hall–Kier alpha value is -4.24. The van der Waals surface area contributed by atoms with Crippen LogP contribution in [0.4, 0.5) is 10.1 Å². The molecular weight excluding hydrogens is 493 g/mol. The molecule has 2 N–H and O–H groups in total. The standard InChI is InChI=1S/C28H26FN3O4S/c1-6-24(33)31-18-8-9-22(36-25-15(3)10-17(29)11-16(25)4)19(12-18)21-14-32(5)28(35)20-13-23(37-26(20)21)27(34)30-7-2/h6,8-14H,1,7H2,2-5H3,(H,30,34)(H,31,33). The van der Waals surface area contributed by atoms with Crippen LogP contribution in [0.25, 0.3) is 21.2 Å². The van der Waals surface area contributed by atoms with E-state index < -0.39 is 0 Å². The van der Waals surface area contributed by atoms with Gasteiger partial charge in [0, 0.05) is 36.6 Å². The highest BCUT2D eigenvalue weighted by molar-refractivity contribution is 7.21. The van der Waals surface area contributed by atoms with E-state index in [0.717, 1.165) is 6.08 Å². The molecule has 0 unspecified atom stereocenters. The van der Waals surface area contributed by atoms with Gasteiger partial charge < -0.3 is 19.9 Å². The molecule has 0 radical (unpaired) electrons. The van der Waals surface area contributed by atoms with Gasteiger partial charge in [-0.1, -0.05) is 6.58 Å². The predicted molar refractivity (Wildman–Crippen MR) is 145 cm³/mol. The third-order valence-corrected chi connectivity index (χ3v) is 6.94. The Bertz CT molecular complexity index is 1600. The van der Waals surface area contributed by atoms with Crippen molar-refractivity contribution in [2.75, 3.05) is 11.9 Å². The fraction of sp³-hybridized carbons (Fsp3) is 0.179. The molecule has 2 aromatic carbocycles. The van der Waals surface area contributed by atoms with Gasteiger partial charge in [0.1, 0.15) is 17.3 Å². The highest BCUT2D eigenvalue weighted by atomic mass is 32.1. The van der Waals surface area contributed by atoms with Crippen LogP contribution in [0.15, 0.2) is 60.0 Å². The Kier molecular flexibility index (Phi) is 7.26. The third kappa shape index (κ3) is 5.17. The van der Waals surface area contributed by atoms with Crippen LogP contribution in [0.5, 0.6) is 11.5 Å². The molecule has 0 fully saturated rings. The average Bonchev–Trinajstić information content (AvgIpc) is 3.30. The fourth-order valence-corrected chi connectivity index (χ4v) is 5.16. The van der Waals surface area contributed by atoms with Gasteiger partial charge in [0.15, 0.2) is 0 Å². The molecule has 2 aromatic heterocycles. The molecular formula is C28H26FN3O4S. The Labute approximate surface area is 217 Å². The van der Waals surface area contributed by atoms with E-state index in [0.29, 0.717) is 60.9 Å². The van der Waals surface area contributed by atoms with E-state index >= 15 is 0 Å². The summed E-state index contributed by atoms with van der Waals surface area (Å²) in [5, 5.41) is 5.91. The number of hydrogen-bond acceptors (Lipinski definition) is 5. The van der Waals surface area contributed by atoms with Crippen LogP contribution in [0.1, 0.15) is 27.7 Å². The maximum absolute atomic E-state index is 13.9. The maximum atomic E-state index is 13.9. The smallest absolute Gasteiger partial charge is 0.261 e. The highest BCUT2D eigenvalue weighted by Gasteiger charge is 2.20. The lowest BCUT2D eigenvalue weighted by Gasteiger charge is -2.17. The summed E-state index contributed by atoms with van der Waals surface area (Å²) in [4.78, 5) is 37.9. The van der Waals surface area contributed by atoms with Gasteiger partial charge in [0.2, 0.25) is 5.91 Å². The van der Waals surface area contributed by atoms with Crippen molar-refractivity contribution < 1.29 is 18.7 Å². The van der Waals surface area contributed by atoms with E-state index in [1.807, 2.05) is 6.92 Å². The van der Waals surface area contributed by atoms with Gasteiger partial charge >= 0.3 is 0 Å². The quantitative estimate of drug-likeness (QED) is 0.307. The number of nitrogens with zero attached hydrogens (tertiary/aromatic N) is 1. The maximum Gasteiger partial charge on any atom is 0.261 e. The number of carbonyl (C=O) groups is 2. The Morgan fingerprint density at radius 2 is 1.84 bits per heavy atom. The monoisotopic (exact) mass is 519 g/mol. The number of aryl methyl sites for hydroxylation is 3. The van der Waals surface area contributed by atoms with Crippen molar-refractivity contribution in [3.8, 4) is 22.6 Å². The van der Waals surface area contributed by atoms with Gasteiger partial charge in [0.05, 0.1) is 15.0 Å². The normalized spacial score (nSPS) is 10.8. The lowest BCUT2D eigenvalue weighted by molar-refractivity contribution is -0.111. The molecule has 7 nitrogen and oxygen atoms in total. The van der Waals surface area contributed by atoms with E-state index in [1.54, 1.807) is 51.4 Å². The molecule has 4 aromatic rings. The summed E-state index contributed by atoms with van der Waals surface area (Å²) in [6.45, 7) is 9.28. The number of carbonyl (C=O) groups excluding carboxylic acids is 2. The van der Waals surface area contributed by atoms with E-state index in [2.05, 4.69) is 17.2 Å². The molecule has 0 bridgehead atoms. The lowest BCUT2D eigenvalue weighted by Crippen LogP contribution is -2.21.